The van der Waals surface area contributed by atoms with Crippen LogP contribution in [0.3, 0.4) is 0 Å². The van der Waals surface area contributed by atoms with Crippen molar-refractivity contribution in [3.8, 4) is 11.3 Å². The van der Waals surface area contributed by atoms with Crippen LogP contribution in [0.25, 0.3) is 22.2 Å². The number of aliphatic hydroxyl groups excluding tert-OH is 1. The Morgan fingerprint density at radius 2 is 1.85 bits per heavy atom. The molecule has 134 valence electrons. The summed E-state index contributed by atoms with van der Waals surface area (Å²) in [6.07, 6.45) is 4.17. The van der Waals surface area contributed by atoms with E-state index in [-0.39, 0.29) is 6.61 Å². The van der Waals surface area contributed by atoms with Crippen LogP contribution in [0.15, 0.2) is 53.4 Å². The first-order chi connectivity index (χ1) is 12.5. The summed E-state index contributed by atoms with van der Waals surface area (Å²) in [5.74, 6) is 0.568. The third-order valence-corrected chi connectivity index (χ3v) is 6.06. The number of hydrogen-bond acceptors (Lipinski definition) is 4. The lowest BCUT2D eigenvalue weighted by atomic mass is 9.98. The van der Waals surface area contributed by atoms with Crippen LogP contribution < -0.4 is 0 Å². The molecule has 1 aliphatic carbocycles. The summed E-state index contributed by atoms with van der Waals surface area (Å²) in [5, 5.41) is 10.5. The van der Waals surface area contributed by atoms with E-state index in [1.54, 1.807) is 12.1 Å². The average molecular weight is 367 g/mol. The topological polar surface area (TPSA) is 67.3 Å². The molecule has 4 nitrogen and oxygen atoms in total. The minimum atomic E-state index is -3.21. The minimum Gasteiger partial charge on any atom is -0.396 e. The standard InChI is InChI=1S/C21H21NO3S/c1-26(24,25)17-9-7-15(8-10-17)20-13-19(14-5-6-14)18-4-2-3-16(11-12-23)21(18)22-20/h2-4,7-10,13-14,23H,5-6,11-12H2,1H3. The van der Waals surface area contributed by atoms with Gasteiger partial charge in [-0.1, -0.05) is 30.3 Å². The van der Waals surface area contributed by atoms with Crippen LogP contribution in [0.5, 0.6) is 0 Å². The number of hydrogen-bond donors (Lipinski definition) is 1. The normalized spacial score (nSPS) is 14.7. The van der Waals surface area contributed by atoms with Crippen LogP contribution in [0.1, 0.15) is 29.9 Å². The van der Waals surface area contributed by atoms with Gasteiger partial charge < -0.3 is 5.11 Å². The van der Waals surface area contributed by atoms with Crippen LogP contribution in [0.4, 0.5) is 0 Å². The summed E-state index contributed by atoms with van der Waals surface area (Å²) in [5.41, 5.74) is 5.04. The molecule has 1 saturated carbocycles. The molecule has 0 radical (unpaired) electrons. The Bertz CT molecular complexity index is 1070. The van der Waals surface area contributed by atoms with Crippen LogP contribution in [-0.4, -0.2) is 31.4 Å². The molecule has 3 aromatic rings. The van der Waals surface area contributed by atoms with Crippen LogP contribution >= 0.6 is 0 Å². The second kappa shape index (κ2) is 6.49. The number of aromatic nitrogens is 1. The third kappa shape index (κ3) is 3.24. The Balaban J connectivity index is 1.88. The monoisotopic (exact) mass is 367 g/mol. The van der Waals surface area contributed by atoms with Gasteiger partial charge in [0.2, 0.25) is 0 Å². The smallest absolute Gasteiger partial charge is 0.175 e. The zero-order valence-corrected chi connectivity index (χ0v) is 15.5. The van der Waals surface area contributed by atoms with Gasteiger partial charge in [-0.3, -0.25) is 0 Å². The zero-order chi connectivity index (χ0) is 18.3. The Morgan fingerprint density at radius 3 is 2.46 bits per heavy atom. The lowest BCUT2D eigenvalue weighted by molar-refractivity contribution is 0.300. The molecule has 0 amide bonds. The van der Waals surface area contributed by atoms with E-state index in [4.69, 9.17) is 4.98 Å². The Morgan fingerprint density at radius 1 is 1.12 bits per heavy atom. The second-order valence-electron chi connectivity index (χ2n) is 6.95. The first kappa shape index (κ1) is 17.2. The fourth-order valence-electron chi connectivity index (χ4n) is 3.41. The highest BCUT2D eigenvalue weighted by Gasteiger charge is 2.26. The van der Waals surface area contributed by atoms with Crippen molar-refractivity contribution in [2.45, 2.75) is 30.1 Å². The van der Waals surface area contributed by atoms with Gasteiger partial charge in [0.15, 0.2) is 9.84 Å². The third-order valence-electron chi connectivity index (χ3n) is 4.93. The van der Waals surface area contributed by atoms with Gasteiger partial charge in [0.05, 0.1) is 16.1 Å². The number of fused-ring (bicyclic) bond motifs is 1. The van der Waals surface area contributed by atoms with Crippen LogP contribution in [-0.2, 0) is 16.3 Å². The predicted octanol–water partition coefficient (Wildman–Crippen LogP) is 3.72. The van der Waals surface area contributed by atoms with E-state index in [2.05, 4.69) is 12.1 Å². The van der Waals surface area contributed by atoms with Crippen molar-refractivity contribution in [1.29, 1.82) is 0 Å². The highest BCUT2D eigenvalue weighted by Crippen LogP contribution is 2.44. The van der Waals surface area contributed by atoms with E-state index in [1.807, 2.05) is 24.3 Å². The fraction of sp³-hybridized carbons (Fsp3) is 0.286. The van der Waals surface area contributed by atoms with Crippen LogP contribution in [0.2, 0.25) is 0 Å². The van der Waals surface area contributed by atoms with Gasteiger partial charge in [-0.25, -0.2) is 13.4 Å². The molecule has 1 aliphatic rings. The number of rotatable bonds is 5. The SMILES string of the molecule is CS(=O)(=O)c1ccc(-c2cc(C3CC3)c3cccc(CCO)c3n2)cc1. The van der Waals surface area contributed by atoms with Crippen molar-refractivity contribution in [2.24, 2.45) is 0 Å². The van der Waals surface area contributed by atoms with Gasteiger partial charge >= 0.3 is 0 Å². The molecule has 0 bridgehead atoms. The number of sulfone groups is 1. The molecule has 5 heteroatoms. The molecule has 1 aromatic heterocycles. The van der Waals surface area contributed by atoms with Crippen molar-refractivity contribution >= 4 is 20.7 Å². The van der Waals surface area contributed by atoms with E-state index < -0.39 is 9.84 Å². The highest BCUT2D eigenvalue weighted by molar-refractivity contribution is 7.90. The van der Waals surface area contributed by atoms with Gasteiger partial charge in [-0.2, -0.15) is 0 Å². The number of aliphatic hydroxyl groups is 1. The van der Waals surface area contributed by atoms with Gasteiger partial charge in [0, 0.05) is 23.8 Å². The number of pyridine rings is 1. The first-order valence-electron chi connectivity index (χ1n) is 8.81. The van der Waals surface area contributed by atoms with E-state index in [0.29, 0.717) is 17.2 Å². The first-order valence-corrected chi connectivity index (χ1v) is 10.7. The maximum absolute atomic E-state index is 11.7. The Hall–Kier alpha value is -2.24. The molecule has 0 atom stereocenters. The van der Waals surface area contributed by atoms with Crippen molar-refractivity contribution in [3.63, 3.8) is 0 Å². The van der Waals surface area contributed by atoms with Crippen molar-refractivity contribution in [3.05, 3.63) is 59.7 Å². The molecule has 0 saturated heterocycles. The maximum atomic E-state index is 11.7. The molecule has 0 aliphatic heterocycles. The molecule has 0 spiro atoms. The summed E-state index contributed by atoms with van der Waals surface area (Å²) in [6.45, 7) is 0.0901. The van der Waals surface area contributed by atoms with Crippen molar-refractivity contribution in [1.82, 2.24) is 4.98 Å². The molecule has 4 rings (SSSR count). The zero-order valence-electron chi connectivity index (χ0n) is 14.6. The van der Waals surface area contributed by atoms with Gasteiger partial charge in [0.1, 0.15) is 0 Å². The number of para-hydroxylation sites is 1. The summed E-state index contributed by atoms with van der Waals surface area (Å²) in [4.78, 5) is 5.18. The second-order valence-corrected chi connectivity index (χ2v) is 8.97. The van der Waals surface area contributed by atoms with Crippen molar-refractivity contribution in [2.75, 3.05) is 12.9 Å². The summed E-state index contributed by atoms with van der Waals surface area (Å²) >= 11 is 0. The van der Waals surface area contributed by atoms with Gasteiger partial charge in [-0.05, 0) is 54.5 Å². The molecule has 2 aromatic carbocycles. The largest absolute Gasteiger partial charge is 0.396 e. The Labute approximate surface area is 153 Å². The van der Waals surface area contributed by atoms with E-state index >= 15 is 0 Å². The van der Waals surface area contributed by atoms with Crippen molar-refractivity contribution < 1.29 is 13.5 Å². The van der Waals surface area contributed by atoms with E-state index in [9.17, 15) is 13.5 Å². The number of benzene rings is 2. The lowest BCUT2D eigenvalue weighted by Crippen LogP contribution is -1.99. The molecular formula is C21H21NO3S. The van der Waals surface area contributed by atoms with Crippen LogP contribution in [0, 0.1) is 0 Å². The summed E-state index contributed by atoms with van der Waals surface area (Å²) in [7, 11) is -3.21. The van der Waals surface area contributed by atoms with E-state index in [0.717, 1.165) is 27.7 Å². The summed E-state index contributed by atoms with van der Waals surface area (Å²) < 4.78 is 23.4. The van der Waals surface area contributed by atoms with Gasteiger partial charge in [0.25, 0.3) is 0 Å². The molecule has 1 N–H and O–H groups in total. The molecule has 1 heterocycles. The predicted molar refractivity (Wildman–Crippen MR) is 103 cm³/mol. The minimum absolute atomic E-state index is 0.0901. The molecule has 26 heavy (non-hydrogen) atoms. The molecular weight excluding hydrogens is 346 g/mol. The summed E-state index contributed by atoms with van der Waals surface area (Å²) in [6, 6.07) is 15.2. The quantitative estimate of drug-likeness (QED) is 0.746. The highest BCUT2D eigenvalue weighted by atomic mass is 32.2. The Kier molecular flexibility index (Phi) is 4.29. The van der Waals surface area contributed by atoms with Gasteiger partial charge in [-0.15, -0.1) is 0 Å². The maximum Gasteiger partial charge on any atom is 0.175 e. The molecule has 1 fully saturated rings. The number of nitrogens with zero attached hydrogens (tertiary/aromatic N) is 1. The van der Waals surface area contributed by atoms with E-state index in [1.165, 1.54) is 24.7 Å². The molecule has 0 unspecified atom stereocenters. The average Bonchev–Trinajstić information content (AvgIpc) is 3.46. The lowest BCUT2D eigenvalue weighted by Gasteiger charge is -2.12. The fourth-order valence-corrected chi connectivity index (χ4v) is 4.04.